The molecule has 3 aliphatic rings. The van der Waals surface area contributed by atoms with Gasteiger partial charge in [0.15, 0.2) is 0 Å². The van der Waals surface area contributed by atoms with E-state index in [2.05, 4.69) is 0 Å². The van der Waals surface area contributed by atoms with Gasteiger partial charge >= 0.3 is 0 Å². The van der Waals surface area contributed by atoms with Gasteiger partial charge in [-0.25, -0.2) is 8.42 Å². The van der Waals surface area contributed by atoms with Crippen molar-refractivity contribution >= 4 is 27.3 Å². The van der Waals surface area contributed by atoms with Crippen molar-refractivity contribution in [2.75, 3.05) is 70.6 Å². The zero-order valence-corrected chi connectivity index (χ0v) is 18.7. The number of sulfonamides is 1. The molecular weight excluding hydrogens is 440 g/mol. The Balaban J connectivity index is 1.63. The number of amides is 1. The number of benzene rings is 1. The van der Waals surface area contributed by atoms with E-state index in [1.165, 1.54) is 16.4 Å². The van der Waals surface area contributed by atoms with Gasteiger partial charge in [-0.05, 0) is 18.9 Å². The second kappa shape index (κ2) is 9.69. The van der Waals surface area contributed by atoms with Crippen LogP contribution in [0.4, 0.5) is 11.4 Å². The number of morpholine rings is 2. The highest BCUT2D eigenvalue weighted by atomic mass is 32.2. The molecule has 32 heavy (non-hydrogen) atoms. The van der Waals surface area contributed by atoms with Gasteiger partial charge in [0.05, 0.1) is 43.0 Å². The van der Waals surface area contributed by atoms with Gasteiger partial charge in [0.25, 0.3) is 5.69 Å². The molecule has 3 heterocycles. The predicted octanol–water partition coefficient (Wildman–Crippen LogP) is 0.691. The van der Waals surface area contributed by atoms with Crippen molar-refractivity contribution in [2.45, 2.75) is 17.7 Å². The zero-order valence-electron chi connectivity index (χ0n) is 17.8. The summed E-state index contributed by atoms with van der Waals surface area (Å²) in [6.07, 6.45) is 1.46. The minimum atomic E-state index is -3.96. The van der Waals surface area contributed by atoms with E-state index in [0.29, 0.717) is 45.1 Å². The Labute approximate surface area is 187 Å². The summed E-state index contributed by atoms with van der Waals surface area (Å²) in [4.78, 5) is 27.4. The van der Waals surface area contributed by atoms with E-state index in [-0.39, 0.29) is 48.7 Å². The standard InChI is InChI=1S/C20H28N4O7S/c25-20(21-6-10-30-11-7-21)16-2-1-5-22(15-16)18-4-3-17(24(26)27)14-19(18)32(28,29)23-8-12-31-13-9-23/h3-4,14,16H,1-2,5-13,15H2. The Morgan fingerprint density at radius 1 is 1.03 bits per heavy atom. The van der Waals surface area contributed by atoms with E-state index in [0.717, 1.165) is 18.9 Å². The summed E-state index contributed by atoms with van der Waals surface area (Å²) >= 11 is 0. The number of anilines is 1. The van der Waals surface area contributed by atoms with Gasteiger partial charge in [-0.3, -0.25) is 14.9 Å². The Bertz CT molecular complexity index is 959. The number of nitro benzene ring substituents is 1. The Kier molecular flexibility index (Phi) is 6.93. The first kappa shape index (κ1) is 22.9. The van der Waals surface area contributed by atoms with Gasteiger partial charge in [0.2, 0.25) is 15.9 Å². The minimum absolute atomic E-state index is 0.0532. The van der Waals surface area contributed by atoms with Crippen LogP contribution in [0.2, 0.25) is 0 Å². The number of carbonyl (C=O) groups excluding carboxylic acids is 1. The molecule has 3 aliphatic heterocycles. The number of nitrogens with zero attached hydrogens (tertiary/aromatic N) is 4. The monoisotopic (exact) mass is 468 g/mol. The van der Waals surface area contributed by atoms with Gasteiger partial charge in [-0.1, -0.05) is 0 Å². The molecule has 11 nitrogen and oxygen atoms in total. The van der Waals surface area contributed by atoms with Crippen LogP contribution < -0.4 is 4.90 Å². The summed E-state index contributed by atoms with van der Waals surface area (Å²) in [5.41, 5.74) is 0.125. The van der Waals surface area contributed by atoms with Crippen molar-refractivity contribution in [1.29, 1.82) is 0 Å². The lowest BCUT2D eigenvalue weighted by atomic mass is 9.95. The fraction of sp³-hybridized carbons (Fsp3) is 0.650. The molecular formula is C20H28N4O7S. The average Bonchev–Trinajstić information content (AvgIpc) is 2.84. The van der Waals surface area contributed by atoms with Gasteiger partial charge in [-0.2, -0.15) is 4.31 Å². The lowest BCUT2D eigenvalue weighted by Crippen LogP contribution is -2.48. The van der Waals surface area contributed by atoms with Crippen LogP contribution in [0.3, 0.4) is 0 Å². The van der Waals surface area contributed by atoms with Crippen molar-refractivity contribution in [1.82, 2.24) is 9.21 Å². The summed E-state index contributed by atoms with van der Waals surface area (Å²) in [7, 11) is -3.96. The Hall–Kier alpha value is -2.28. The Morgan fingerprint density at radius 3 is 2.34 bits per heavy atom. The third-order valence-electron chi connectivity index (χ3n) is 6.18. The molecule has 4 rings (SSSR count). The predicted molar refractivity (Wildman–Crippen MR) is 115 cm³/mol. The van der Waals surface area contributed by atoms with E-state index < -0.39 is 14.9 Å². The molecule has 0 aromatic heterocycles. The van der Waals surface area contributed by atoms with Gasteiger partial charge in [0, 0.05) is 51.4 Å². The lowest BCUT2D eigenvalue weighted by Gasteiger charge is -2.38. The number of carbonyl (C=O) groups is 1. The first-order valence-electron chi connectivity index (χ1n) is 10.9. The Morgan fingerprint density at radius 2 is 1.69 bits per heavy atom. The number of non-ortho nitro benzene ring substituents is 1. The number of ether oxygens (including phenoxy) is 2. The summed E-state index contributed by atoms with van der Waals surface area (Å²) in [5, 5.41) is 11.4. The largest absolute Gasteiger partial charge is 0.379 e. The van der Waals surface area contributed by atoms with Gasteiger partial charge in [-0.15, -0.1) is 0 Å². The van der Waals surface area contributed by atoms with Crippen LogP contribution in [0, 0.1) is 16.0 Å². The minimum Gasteiger partial charge on any atom is -0.379 e. The average molecular weight is 469 g/mol. The molecule has 176 valence electrons. The van der Waals surface area contributed by atoms with Crippen LogP contribution in [0.15, 0.2) is 23.1 Å². The maximum Gasteiger partial charge on any atom is 0.270 e. The van der Waals surface area contributed by atoms with Crippen LogP contribution >= 0.6 is 0 Å². The summed E-state index contributed by atoms with van der Waals surface area (Å²) < 4.78 is 38.7. The second-order valence-corrected chi connectivity index (χ2v) is 10.1. The molecule has 1 aromatic rings. The third-order valence-corrected chi connectivity index (χ3v) is 8.10. The first-order chi connectivity index (χ1) is 15.4. The van der Waals surface area contributed by atoms with E-state index in [1.54, 1.807) is 4.90 Å². The molecule has 0 saturated carbocycles. The van der Waals surface area contributed by atoms with E-state index in [1.807, 2.05) is 4.90 Å². The van der Waals surface area contributed by atoms with Crippen LogP contribution in [0.5, 0.6) is 0 Å². The molecule has 1 atom stereocenters. The van der Waals surface area contributed by atoms with Crippen LogP contribution in [0.25, 0.3) is 0 Å². The molecule has 3 saturated heterocycles. The summed E-state index contributed by atoms with van der Waals surface area (Å²) in [6, 6.07) is 3.95. The maximum atomic E-state index is 13.4. The van der Waals surface area contributed by atoms with Crippen molar-refractivity contribution in [3.63, 3.8) is 0 Å². The number of hydrogen-bond acceptors (Lipinski definition) is 8. The molecule has 0 N–H and O–H groups in total. The van der Waals surface area contributed by atoms with E-state index >= 15 is 0 Å². The molecule has 0 radical (unpaired) electrons. The molecule has 1 unspecified atom stereocenters. The molecule has 3 fully saturated rings. The van der Waals surface area contributed by atoms with Crippen molar-refractivity contribution < 1.29 is 27.6 Å². The molecule has 0 spiro atoms. The van der Waals surface area contributed by atoms with Crippen LogP contribution in [-0.2, 0) is 24.3 Å². The number of hydrogen-bond donors (Lipinski definition) is 0. The fourth-order valence-electron chi connectivity index (χ4n) is 4.45. The molecule has 0 bridgehead atoms. The normalized spacial score (nSPS) is 23.2. The van der Waals surface area contributed by atoms with E-state index in [9.17, 15) is 23.3 Å². The molecule has 1 amide bonds. The number of nitro groups is 1. The molecule has 1 aromatic carbocycles. The maximum absolute atomic E-state index is 13.4. The SMILES string of the molecule is O=C(C1CCCN(c2ccc([N+](=O)[O-])cc2S(=O)(=O)N2CCOCC2)C1)N1CCOCC1. The zero-order chi connectivity index (χ0) is 22.7. The second-order valence-electron chi connectivity index (χ2n) is 8.15. The number of rotatable bonds is 5. The molecule has 0 aliphatic carbocycles. The quantitative estimate of drug-likeness (QED) is 0.457. The smallest absolute Gasteiger partial charge is 0.270 e. The highest BCUT2D eigenvalue weighted by Gasteiger charge is 2.35. The topological polar surface area (TPSA) is 123 Å². The highest BCUT2D eigenvalue weighted by molar-refractivity contribution is 7.89. The van der Waals surface area contributed by atoms with Crippen molar-refractivity contribution in [2.24, 2.45) is 5.92 Å². The molecule has 12 heteroatoms. The van der Waals surface area contributed by atoms with Gasteiger partial charge in [0.1, 0.15) is 4.90 Å². The van der Waals surface area contributed by atoms with Gasteiger partial charge < -0.3 is 19.3 Å². The fourth-order valence-corrected chi connectivity index (χ4v) is 6.09. The third kappa shape index (κ3) is 4.72. The van der Waals surface area contributed by atoms with E-state index in [4.69, 9.17) is 9.47 Å². The van der Waals surface area contributed by atoms with Crippen LogP contribution in [-0.4, -0.2) is 94.1 Å². The summed E-state index contributed by atoms with van der Waals surface area (Å²) in [5.74, 6) is -0.200. The first-order valence-corrected chi connectivity index (χ1v) is 12.3. The van der Waals surface area contributed by atoms with Crippen LogP contribution in [0.1, 0.15) is 12.8 Å². The lowest BCUT2D eigenvalue weighted by molar-refractivity contribution is -0.385. The van der Waals surface area contributed by atoms with Crippen molar-refractivity contribution in [3.05, 3.63) is 28.3 Å². The number of piperidine rings is 1. The highest BCUT2D eigenvalue weighted by Crippen LogP contribution is 2.34. The summed E-state index contributed by atoms with van der Waals surface area (Å²) in [6.45, 7) is 4.07. The van der Waals surface area contributed by atoms with Crippen molar-refractivity contribution in [3.8, 4) is 0 Å².